The standard InChI is InChI=1S/C23H26F2N2O4/c24-22(25)31-19-10-5-4-9-18(19)26-21(28)14-27-13-20(23(16-27)11-6-12-30-23)29-15-17-7-2-1-3-8-17/h1-5,7-10,20,22H,6,11-16H2,(H,26,28)/t20-,23-/m0/s1. The molecule has 2 heterocycles. The molecule has 0 aliphatic carbocycles. The molecule has 2 saturated heterocycles. The lowest BCUT2D eigenvalue weighted by atomic mass is 9.96. The van der Waals surface area contributed by atoms with Crippen molar-refractivity contribution >= 4 is 11.6 Å². The number of nitrogens with one attached hydrogen (secondary N) is 1. The van der Waals surface area contributed by atoms with Gasteiger partial charge in [-0.2, -0.15) is 8.78 Å². The van der Waals surface area contributed by atoms with Gasteiger partial charge in [0.2, 0.25) is 5.91 Å². The van der Waals surface area contributed by atoms with Gasteiger partial charge in [0.1, 0.15) is 17.5 Å². The van der Waals surface area contributed by atoms with Crippen LogP contribution in [0.15, 0.2) is 54.6 Å². The molecule has 1 N–H and O–H groups in total. The summed E-state index contributed by atoms with van der Waals surface area (Å²) in [6.07, 6.45) is 1.71. The van der Waals surface area contributed by atoms with Gasteiger partial charge in [-0.05, 0) is 30.5 Å². The third kappa shape index (κ3) is 5.39. The fourth-order valence-corrected chi connectivity index (χ4v) is 4.30. The van der Waals surface area contributed by atoms with E-state index in [9.17, 15) is 13.6 Å². The van der Waals surface area contributed by atoms with Crippen molar-refractivity contribution < 1.29 is 27.8 Å². The number of amides is 1. The Morgan fingerprint density at radius 2 is 1.97 bits per heavy atom. The molecule has 0 radical (unpaired) electrons. The fourth-order valence-electron chi connectivity index (χ4n) is 4.30. The van der Waals surface area contributed by atoms with Crippen LogP contribution in [0.4, 0.5) is 14.5 Å². The van der Waals surface area contributed by atoms with E-state index in [2.05, 4.69) is 10.1 Å². The Labute approximate surface area is 180 Å². The Hall–Kier alpha value is -2.55. The molecule has 0 saturated carbocycles. The summed E-state index contributed by atoms with van der Waals surface area (Å²) in [5, 5.41) is 2.67. The van der Waals surface area contributed by atoms with Gasteiger partial charge in [0.15, 0.2) is 0 Å². The largest absolute Gasteiger partial charge is 0.433 e. The Morgan fingerprint density at radius 3 is 2.71 bits per heavy atom. The highest BCUT2D eigenvalue weighted by molar-refractivity contribution is 5.93. The van der Waals surface area contributed by atoms with Crippen LogP contribution in [-0.2, 0) is 20.9 Å². The van der Waals surface area contributed by atoms with Crippen molar-refractivity contribution in [2.45, 2.75) is 37.8 Å². The van der Waals surface area contributed by atoms with E-state index in [1.54, 1.807) is 12.1 Å². The molecule has 8 heteroatoms. The van der Waals surface area contributed by atoms with Gasteiger partial charge in [-0.1, -0.05) is 42.5 Å². The van der Waals surface area contributed by atoms with Crippen molar-refractivity contribution in [1.82, 2.24) is 4.90 Å². The smallest absolute Gasteiger partial charge is 0.387 e. The van der Waals surface area contributed by atoms with Gasteiger partial charge < -0.3 is 19.5 Å². The summed E-state index contributed by atoms with van der Waals surface area (Å²) in [5.74, 6) is -0.367. The number of hydrogen-bond acceptors (Lipinski definition) is 5. The van der Waals surface area contributed by atoms with Crippen molar-refractivity contribution in [2.75, 3.05) is 31.6 Å². The topological polar surface area (TPSA) is 60.0 Å². The highest BCUT2D eigenvalue weighted by Gasteiger charge is 2.50. The summed E-state index contributed by atoms with van der Waals surface area (Å²) >= 11 is 0. The molecule has 6 nitrogen and oxygen atoms in total. The Morgan fingerprint density at radius 1 is 1.19 bits per heavy atom. The van der Waals surface area contributed by atoms with E-state index >= 15 is 0 Å². The molecule has 0 aromatic heterocycles. The normalized spacial score (nSPS) is 23.5. The van der Waals surface area contributed by atoms with Crippen molar-refractivity contribution in [3.05, 3.63) is 60.2 Å². The van der Waals surface area contributed by atoms with Crippen LogP contribution in [0.5, 0.6) is 5.75 Å². The summed E-state index contributed by atoms with van der Waals surface area (Å²) in [4.78, 5) is 14.6. The maximum Gasteiger partial charge on any atom is 0.387 e. The van der Waals surface area contributed by atoms with E-state index in [-0.39, 0.29) is 30.0 Å². The molecule has 31 heavy (non-hydrogen) atoms. The summed E-state index contributed by atoms with van der Waals surface area (Å²) < 4.78 is 42.0. The third-order valence-corrected chi connectivity index (χ3v) is 5.67. The number of alkyl halides is 2. The van der Waals surface area contributed by atoms with E-state index < -0.39 is 12.2 Å². The Balaban J connectivity index is 1.37. The highest BCUT2D eigenvalue weighted by atomic mass is 19.3. The van der Waals surface area contributed by atoms with Crippen LogP contribution in [-0.4, -0.2) is 55.4 Å². The first-order valence-electron chi connectivity index (χ1n) is 10.4. The van der Waals surface area contributed by atoms with Gasteiger partial charge >= 0.3 is 6.61 Å². The molecular formula is C23H26F2N2O4. The zero-order valence-corrected chi connectivity index (χ0v) is 17.1. The van der Waals surface area contributed by atoms with Gasteiger partial charge in [-0.25, -0.2) is 0 Å². The number of halogens is 2. The van der Waals surface area contributed by atoms with Gasteiger partial charge in [0, 0.05) is 19.7 Å². The first-order valence-corrected chi connectivity index (χ1v) is 10.4. The second-order valence-corrected chi connectivity index (χ2v) is 7.89. The lowest BCUT2D eigenvalue weighted by Crippen LogP contribution is -2.42. The molecule has 4 rings (SSSR count). The quantitative estimate of drug-likeness (QED) is 0.690. The number of carbonyl (C=O) groups is 1. The number of carbonyl (C=O) groups excluding carboxylic acids is 1. The fraction of sp³-hybridized carbons (Fsp3) is 0.435. The average Bonchev–Trinajstić information content (AvgIpc) is 3.35. The van der Waals surface area contributed by atoms with E-state index in [1.165, 1.54) is 12.1 Å². The van der Waals surface area contributed by atoms with Gasteiger partial charge in [-0.3, -0.25) is 9.69 Å². The van der Waals surface area contributed by atoms with Gasteiger partial charge in [-0.15, -0.1) is 0 Å². The minimum absolute atomic E-state index is 0.0630. The lowest BCUT2D eigenvalue weighted by molar-refractivity contribution is -0.117. The van der Waals surface area contributed by atoms with Crippen LogP contribution >= 0.6 is 0 Å². The Bertz CT molecular complexity index is 875. The molecule has 0 unspecified atom stereocenters. The van der Waals surface area contributed by atoms with Crippen LogP contribution < -0.4 is 10.1 Å². The third-order valence-electron chi connectivity index (χ3n) is 5.67. The maximum absolute atomic E-state index is 12.6. The number of benzene rings is 2. The molecule has 1 spiro atoms. The van der Waals surface area contributed by atoms with Crippen LogP contribution in [0, 0.1) is 0 Å². The first kappa shape index (κ1) is 21.7. The van der Waals surface area contributed by atoms with Crippen LogP contribution in [0.3, 0.4) is 0 Å². The summed E-state index contributed by atoms with van der Waals surface area (Å²) in [5.41, 5.74) is 0.893. The number of nitrogens with zero attached hydrogens (tertiary/aromatic N) is 1. The molecule has 2 fully saturated rings. The van der Waals surface area contributed by atoms with Crippen LogP contribution in [0.1, 0.15) is 18.4 Å². The maximum atomic E-state index is 12.6. The Kier molecular flexibility index (Phi) is 6.80. The van der Waals surface area contributed by atoms with Crippen LogP contribution in [0.2, 0.25) is 0 Å². The van der Waals surface area contributed by atoms with E-state index in [0.717, 1.165) is 18.4 Å². The molecular weight excluding hydrogens is 406 g/mol. The van der Waals surface area contributed by atoms with Crippen molar-refractivity contribution in [3.8, 4) is 5.75 Å². The molecule has 2 aliphatic rings. The van der Waals surface area contributed by atoms with Crippen LogP contribution in [0.25, 0.3) is 0 Å². The second-order valence-electron chi connectivity index (χ2n) is 7.89. The SMILES string of the molecule is O=C(CN1C[C@H](OCc2ccccc2)[C@]2(CCCO2)C1)Nc1ccccc1OC(F)F. The predicted octanol–water partition coefficient (Wildman–Crippen LogP) is 3.68. The molecule has 2 aliphatic heterocycles. The summed E-state index contributed by atoms with van der Waals surface area (Å²) in [6, 6.07) is 16.1. The van der Waals surface area contributed by atoms with Crippen molar-refractivity contribution in [1.29, 1.82) is 0 Å². The zero-order valence-electron chi connectivity index (χ0n) is 17.1. The number of anilines is 1. The van der Waals surface area contributed by atoms with Gasteiger partial charge in [0.05, 0.1) is 18.8 Å². The molecule has 2 atom stereocenters. The number of rotatable bonds is 8. The summed E-state index contributed by atoms with van der Waals surface area (Å²) in [6.45, 7) is -0.527. The van der Waals surface area contributed by atoms with E-state index in [0.29, 0.717) is 26.3 Å². The van der Waals surface area contributed by atoms with E-state index in [4.69, 9.17) is 9.47 Å². The number of para-hydroxylation sites is 2. The molecule has 0 bridgehead atoms. The van der Waals surface area contributed by atoms with Crippen molar-refractivity contribution in [2.24, 2.45) is 0 Å². The molecule has 166 valence electrons. The monoisotopic (exact) mass is 432 g/mol. The lowest BCUT2D eigenvalue weighted by Gasteiger charge is -2.29. The summed E-state index contributed by atoms with van der Waals surface area (Å²) in [7, 11) is 0. The minimum Gasteiger partial charge on any atom is -0.433 e. The average molecular weight is 432 g/mol. The van der Waals surface area contributed by atoms with Crippen molar-refractivity contribution in [3.63, 3.8) is 0 Å². The number of likely N-dealkylation sites (tertiary alicyclic amines) is 1. The zero-order chi connectivity index (χ0) is 21.7. The van der Waals surface area contributed by atoms with E-state index in [1.807, 2.05) is 35.2 Å². The first-order chi connectivity index (χ1) is 15.0. The number of hydrogen-bond donors (Lipinski definition) is 1. The molecule has 2 aromatic rings. The predicted molar refractivity (Wildman–Crippen MR) is 111 cm³/mol. The minimum atomic E-state index is -2.96. The molecule has 2 aromatic carbocycles. The highest BCUT2D eigenvalue weighted by Crippen LogP contribution is 2.37. The molecule has 1 amide bonds. The second kappa shape index (κ2) is 9.72. The number of ether oxygens (including phenoxy) is 3. The van der Waals surface area contributed by atoms with Gasteiger partial charge in [0.25, 0.3) is 0 Å².